The van der Waals surface area contributed by atoms with Gasteiger partial charge >= 0.3 is 0 Å². The molecule has 2 aromatic heterocycles. The summed E-state index contributed by atoms with van der Waals surface area (Å²) >= 11 is 6.39. The lowest BCUT2D eigenvalue weighted by atomic mass is 10.1. The number of H-pyrrole nitrogens is 1. The van der Waals surface area contributed by atoms with Gasteiger partial charge in [-0.25, -0.2) is 0 Å². The predicted molar refractivity (Wildman–Crippen MR) is 89.0 cm³/mol. The van der Waals surface area contributed by atoms with Crippen molar-refractivity contribution in [3.8, 4) is 0 Å². The first-order valence-corrected chi connectivity index (χ1v) is 7.46. The Balaban J connectivity index is 1.86. The molecule has 2 N–H and O–H groups in total. The third kappa shape index (κ3) is 3.03. The fourth-order valence-electron chi connectivity index (χ4n) is 2.33. The standard InChI is InChI=1S/C17H18ClN3/c1-11(2)16-7-12-6-15(18)13(8-17(12)21-16)9-20-14-4-3-5-19-10-14/h3-8,10-11,20-21H,9H2,1-2H3. The van der Waals surface area contributed by atoms with E-state index in [4.69, 9.17) is 11.6 Å². The van der Waals surface area contributed by atoms with Crippen molar-refractivity contribution in [3.63, 3.8) is 0 Å². The van der Waals surface area contributed by atoms with E-state index in [0.717, 1.165) is 27.2 Å². The minimum absolute atomic E-state index is 0.480. The molecular weight excluding hydrogens is 282 g/mol. The number of rotatable bonds is 4. The Labute approximate surface area is 129 Å². The van der Waals surface area contributed by atoms with Gasteiger partial charge < -0.3 is 10.3 Å². The molecule has 0 bridgehead atoms. The van der Waals surface area contributed by atoms with Crippen LogP contribution in [0.4, 0.5) is 5.69 Å². The van der Waals surface area contributed by atoms with E-state index in [1.54, 1.807) is 12.4 Å². The number of hydrogen-bond acceptors (Lipinski definition) is 2. The third-order valence-electron chi connectivity index (χ3n) is 3.58. The summed E-state index contributed by atoms with van der Waals surface area (Å²) < 4.78 is 0. The minimum Gasteiger partial charge on any atom is -0.380 e. The maximum absolute atomic E-state index is 6.39. The average molecular weight is 300 g/mol. The van der Waals surface area contributed by atoms with Crippen LogP contribution < -0.4 is 5.32 Å². The van der Waals surface area contributed by atoms with Gasteiger partial charge in [0, 0.05) is 40.6 Å². The summed E-state index contributed by atoms with van der Waals surface area (Å²) in [5, 5.41) is 5.28. The maximum Gasteiger partial charge on any atom is 0.0529 e. The number of benzene rings is 1. The van der Waals surface area contributed by atoms with Crippen molar-refractivity contribution in [2.75, 3.05) is 5.32 Å². The molecule has 108 valence electrons. The van der Waals surface area contributed by atoms with E-state index in [-0.39, 0.29) is 0 Å². The Morgan fingerprint density at radius 3 is 2.86 bits per heavy atom. The first-order valence-electron chi connectivity index (χ1n) is 7.08. The molecular formula is C17H18ClN3. The highest BCUT2D eigenvalue weighted by atomic mass is 35.5. The topological polar surface area (TPSA) is 40.7 Å². The van der Waals surface area contributed by atoms with E-state index in [2.05, 4.69) is 41.3 Å². The summed E-state index contributed by atoms with van der Waals surface area (Å²) in [7, 11) is 0. The summed E-state index contributed by atoms with van der Waals surface area (Å²) in [6, 6.07) is 10.2. The summed E-state index contributed by atoms with van der Waals surface area (Å²) in [4.78, 5) is 7.55. The zero-order valence-corrected chi connectivity index (χ0v) is 12.9. The predicted octanol–water partition coefficient (Wildman–Crippen LogP) is 4.95. The number of anilines is 1. The molecule has 0 radical (unpaired) electrons. The van der Waals surface area contributed by atoms with Gasteiger partial charge in [-0.2, -0.15) is 0 Å². The largest absolute Gasteiger partial charge is 0.380 e. The maximum atomic E-state index is 6.39. The van der Waals surface area contributed by atoms with Gasteiger partial charge in [0.05, 0.1) is 5.69 Å². The smallest absolute Gasteiger partial charge is 0.0529 e. The number of halogens is 1. The van der Waals surface area contributed by atoms with Gasteiger partial charge in [-0.3, -0.25) is 4.98 Å². The number of aromatic amines is 1. The molecule has 0 aliphatic heterocycles. The van der Waals surface area contributed by atoms with Crippen molar-refractivity contribution in [1.82, 2.24) is 9.97 Å². The lowest BCUT2D eigenvalue weighted by Crippen LogP contribution is -2.00. The van der Waals surface area contributed by atoms with Crippen LogP contribution in [0.5, 0.6) is 0 Å². The van der Waals surface area contributed by atoms with Gasteiger partial charge in [-0.15, -0.1) is 0 Å². The first kappa shape index (κ1) is 14.0. The highest BCUT2D eigenvalue weighted by molar-refractivity contribution is 6.32. The second-order valence-electron chi connectivity index (χ2n) is 5.51. The van der Waals surface area contributed by atoms with Gasteiger partial charge in [0.15, 0.2) is 0 Å². The lowest BCUT2D eigenvalue weighted by Gasteiger charge is -2.08. The van der Waals surface area contributed by atoms with E-state index >= 15 is 0 Å². The Morgan fingerprint density at radius 1 is 1.29 bits per heavy atom. The molecule has 3 aromatic rings. The van der Waals surface area contributed by atoms with E-state index in [1.165, 1.54) is 5.69 Å². The van der Waals surface area contributed by atoms with Crippen LogP contribution in [0.25, 0.3) is 10.9 Å². The molecule has 4 heteroatoms. The molecule has 21 heavy (non-hydrogen) atoms. The Hall–Kier alpha value is -2.00. The van der Waals surface area contributed by atoms with E-state index in [1.807, 2.05) is 18.2 Å². The second-order valence-corrected chi connectivity index (χ2v) is 5.91. The van der Waals surface area contributed by atoms with Crippen molar-refractivity contribution < 1.29 is 0 Å². The van der Waals surface area contributed by atoms with Gasteiger partial charge in [-0.1, -0.05) is 25.4 Å². The number of nitrogens with zero attached hydrogens (tertiary/aromatic N) is 1. The van der Waals surface area contributed by atoms with Crippen LogP contribution in [0, 0.1) is 0 Å². The summed E-state index contributed by atoms with van der Waals surface area (Å²) in [5.74, 6) is 0.480. The average Bonchev–Trinajstić information content (AvgIpc) is 2.89. The van der Waals surface area contributed by atoms with Crippen LogP contribution in [0.1, 0.15) is 31.0 Å². The van der Waals surface area contributed by atoms with Crippen LogP contribution in [0.2, 0.25) is 5.02 Å². The van der Waals surface area contributed by atoms with Crippen molar-refractivity contribution in [2.45, 2.75) is 26.3 Å². The number of aromatic nitrogens is 2. The molecule has 2 heterocycles. The number of pyridine rings is 1. The fraction of sp³-hybridized carbons (Fsp3) is 0.235. The van der Waals surface area contributed by atoms with E-state index in [0.29, 0.717) is 12.5 Å². The normalized spacial score (nSPS) is 11.2. The van der Waals surface area contributed by atoms with Crippen molar-refractivity contribution in [2.24, 2.45) is 0 Å². The lowest BCUT2D eigenvalue weighted by molar-refractivity contribution is 0.836. The molecule has 0 aliphatic rings. The SMILES string of the molecule is CC(C)c1cc2cc(Cl)c(CNc3cccnc3)cc2[nH]1. The quantitative estimate of drug-likeness (QED) is 0.715. The van der Waals surface area contributed by atoms with Gasteiger partial charge in [0.25, 0.3) is 0 Å². The molecule has 0 amide bonds. The Morgan fingerprint density at radius 2 is 2.14 bits per heavy atom. The molecule has 0 saturated heterocycles. The molecule has 0 atom stereocenters. The second kappa shape index (κ2) is 5.78. The molecule has 0 saturated carbocycles. The van der Waals surface area contributed by atoms with Gasteiger partial charge in [0.2, 0.25) is 0 Å². The summed E-state index contributed by atoms with van der Waals surface area (Å²) in [5.41, 5.74) is 4.43. The summed E-state index contributed by atoms with van der Waals surface area (Å²) in [6.45, 7) is 5.03. The molecule has 1 aromatic carbocycles. The van der Waals surface area contributed by atoms with E-state index < -0.39 is 0 Å². The molecule has 3 rings (SSSR count). The zero-order valence-electron chi connectivity index (χ0n) is 12.2. The van der Waals surface area contributed by atoms with Gasteiger partial charge in [0.1, 0.15) is 0 Å². The highest BCUT2D eigenvalue weighted by Crippen LogP contribution is 2.27. The van der Waals surface area contributed by atoms with Crippen molar-refractivity contribution in [1.29, 1.82) is 0 Å². The number of nitrogens with one attached hydrogen (secondary N) is 2. The molecule has 0 fully saturated rings. The van der Waals surface area contributed by atoms with Crippen LogP contribution >= 0.6 is 11.6 Å². The Bertz CT molecular complexity index is 747. The van der Waals surface area contributed by atoms with Crippen LogP contribution in [0.3, 0.4) is 0 Å². The molecule has 0 unspecified atom stereocenters. The van der Waals surface area contributed by atoms with Crippen LogP contribution in [0.15, 0.2) is 42.7 Å². The molecule has 0 spiro atoms. The fourth-order valence-corrected chi connectivity index (χ4v) is 2.57. The van der Waals surface area contributed by atoms with Crippen LogP contribution in [-0.4, -0.2) is 9.97 Å². The number of fused-ring (bicyclic) bond motifs is 1. The Kier molecular flexibility index (Phi) is 3.84. The van der Waals surface area contributed by atoms with Crippen LogP contribution in [-0.2, 0) is 6.54 Å². The van der Waals surface area contributed by atoms with Crippen molar-refractivity contribution >= 4 is 28.2 Å². The molecule has 3 nitrogen and oxygen atoms in total. The minimum atomic E-state index is 0.480. The summed E-state index contributed by atoms with van der Waals surface area (Å²) in [6.07, 6.45) is 3.56. The van der Waals surface area contributed by atoms with Gasteiger partial charge in [-0.05, 0) is 41.8 Å². The highest BCUT2D eigenvalue weighted by Gasteiger charge is 2.08. The number of hydrogen-bond donors (Lipinski definition) is 2. The van der Waals surface area contributed by atoms with E-state index in [9.17, 15) is 0 Å². The zero-order chi connectivity index (χ0) is 14.8. The van der Waals surface area contributed by atoms with Crippen molar-refractivity contribution in [3.05, 3.63) is 59.0 Å². The third-order valence-corrected chi connectivity index (χ3v) is 3.93. The monoisotopic (exact) mass is 299 g/mol. The molecule has 0 aliphatic carbocycles. The first-order chi connectivity index (χ1) is 10.1.